The summed E-state index contributed by atoms with van der Waals surface area (Å²) in [5.74, 6) is 0.689. The minimum Gasteiger partial charge on any atom is -0.472 e. The Morgan fingerprint density at radius 2 is 2.35 bits per heavy atom. The first-order valence-electron chi connectivity index (χ1n) is 8.14. The van der Waals surface area contributed by atoms with E-state index in [4.69, 9.17) is 9.47 Å². The Bertz CT molecular complexity index is 648. The van der Waals surface area contributed by atoms with Crippen molar-refractivity contribution in [3.8, 4) is 5.88 Å². The summed E-state index contributed by atoms with van der Waals surface area (Å²) in [5, 5.41) is 3.30. The molecule has 0 amide bonds. The van der Waals surface area contributed by atoms with Crippen molar-refractivity contribution >= 4 is 11.3 Å². The van der Waals surface area contributed by atoms with Crippen molar-refractivity contribution in [3.63, 3.8) is 0 Å². The molecule has 23 heavy (non-hydrogen) atoms. The van der Waals surface area contributed by atoms with Crippen LogP contribution in [0.5, 0.6) is 5.88 Å². The molecule has 1 saturated carbocycles. The van der Waals surface area contributed by atoms with Crippen LogP contribution in [0.4, 0.5) is 0 Å². The second-order valence-electron chi connectivity index (χ2n) is 6.13. The van der Waals surface area contributed by atoms with Crippen LogP contribution < -0.4 is 4.74 Å². The van der Waals surface area contributed by atoms with Gasteiger partial charge >= 0.3 is 0 Å². The Morgan fingerprint density at radius 3 is 3.13 bits per heavy atom. The Balaban J connectivity index is 1.43. The fourth-order valence-electron chi connectivity index (χ4n) is 3.58. The van der Waals surface area contributed by atoms with Crippen LogP contribution in [-0.4, -0.2) is 46.3 Å². The molecule has 2 aromatic heterocycles. The molecule has 0 radical (unpaired) electrons. The summed E-state index contributed by atoms with van der Waals surface area (Å²) in [5.41, 5.74) is 1.17. The number of pyridine rings is 1. The zero-order valence-electron chi connectivity index (χ0n) is 13.2. The second-order valence-corrected chi connectivity index (χ2v) is 7.19. The van der Waals surface area contributed by atoms with Gasteiger partial charge in [0.2, 0.25) is 5.88 Å². The number of hydrogen-bond donors (Lipinski definition) is 0. The van der Waals surface area contributed by atoms with Gasteiger partial charge in [-0.1, -0.05) is 6.07 Å². The van der Waals surface area contributed by atoms with E-state index in [1.165, 1.54) is 5.69 Å². The van der Waals surface area contributed by atoms with Crippen LogP contribution in [0.3, 0.4) is 0 Å². The predicted octanol–water partition coefficient (Wildman–Crippen LogP) is 2.66. The molecule has 0 spiro atoms. The molecule has 6 heteroatoms. The zero-order chi connectivity index (χ0) is 15.6. The van der Waals surface area contributed by atoms with Crippen LogP contribution in [0.2, 0.25) is 0 Å². The summed E-state index contributed by atoms with van der Waals surface area (Å²) in [4.78, 5) is 11.4. The van der Waals surface area contributed by atoms with Gasteiger partial charge in [-0.15, -0.1) is 11.3 Å². The van der Waals surface area contributed by atoms with Crippen molar-refractivity contribution in [2.24, 2.45) is 0 Å². The van der Waals surface area contributed by atoms with E-state index in [9.17, 15) is 0 Å². The van der Waals surface area contributed by atoms with Gasteiger partial charge in [0.25, 0.3) is 0 Å². The predicted molar refractivity (Wildman–Crippen MR) is 88.7 cm³/mol. The monoisotopic (exact) mass is 331 g/mol. The van der Waals surface area contributed by atoms with Crippen molar-refractivity contribution in [2.75, 3.05) is 13.2 Å². The smallest absolute Gasteiger partial charge is 0.213 e. The maximum Gasteiger partial charge on any atom is 0.213 e. The highest BCUT2D eigenvalue weighted by Crippen LogP contribution is 2.33. The highest BCUT2D eigenvalue weighted by Gasteiger charge is 2.44. The third-order valence-electron chi connectivity index (χ3n) is 4.59. The lowest BCUT2D eigenvalue weighted by atomic mass is 10.1. The number of nitrogens with zero attached hydrogens (tertiary/aromatic N) is 3. The Morgan fingerprint density at radius 1 is 1.39 bits per heavy atom. The maximum absolute atomic E-state index is 6.07. The summed E-state index contributed by atoms with van der Waals surface area (Å²) >= 11 is 1.72. The van der Waals surface area contributed by atoms with Gasteiger partial charge in [0.05, 0.1) is 17.3 Å². The van der Waals surface area contributed by atoms with Gasteiger partial charge < -0.3 is 9.47 Å². The van der Waals surface area contributed by atoms with Gasteiger partial charge in [-0.2, -0.15) is 0 Å². The van der Waals surface area contributed by atoms with E-state index in [0.717, 1.165) is 37.5 Å². The topological polar surface area (TPSA) is 47.5 Å². The van der Waals surface area contributed by atoms with E-state index >= 15 is 0 Å². The quantitative estimate of drug-likeness (QED) is 0.862. The molecule has 2 aliphatic rings. The molecule has 122 valence electrons. The molecular formula is C17H21N3O2S. The molecule has 2 aromatic rings. The summed E-state index contributed by atoms with van der Waals surface area (Å²) in [6.07, 6.45) is 4.10. The van der Waals surface area contributed by atoms with Crippen molar-refractivity contribution in [2.45, 2.75) is 44.6 Å². The molecule has 0 N–H and O–H groups in total. The minimum absolute atomic E-state index is 0.0925. The fourth-order valence-corrected chi connectivity index (χ4v) is 4.18. The van der Waals surface area contributed by atoms with Crippen molar-refractivity contribution in [1.82, 2.24) is 14.9 Å². The lowest BCUT2D eigenvalue weighted by Gasteiger charge is -2.38. The van der Waals surface area contributed by atoms with Crippen LogP contribution in [0.1, 0.15) is 23.5 Å². The summed E-state index contributed by atoms with van der Waals surface area (Å²) < 4.78 is 12.1. The molecule has 0 bridgehead atoms. The van der Waals surface area contributed by atoms with Gasteiger partial charge in [0, 0.05) is 36.8 Å². The molecule has 4 rings (SSSR count). The highest BCUT2D eigenvalue weighted by molar-refractivity contribution is 7.09. The number of rotatable bonds is 4. The summed E-state index contributed by atoms with van der Waals surface area (Å²) in [6, 6.07) is 6.18. The van der Waals surface area contributed by atoms with Crippen LogP contribution in [0, 0.1) is 6.92 Å². The van der Waals surface area contributed by atoms with Crippen LogP contribution in [0.25, 0.3) is 0 Å². The molecule has 0 aromatic carbocycles. The lowest BCUT2D eigenvalue weighted by Crippen LogP contribution is -2.51. The van der Waals surface area contributed by atoms with Crippen molar-refractivity contribution < 1.29 is 9.47 Å². The number of thiazole rings is 1. The molecule has 0 unspecified atom stereocenters. The second kappa shape index (κ2) is 6.55. The van der Waals surface area contributed by atoms with E-state index in [-0.39, 0.29) is 12.2 Å². The minimum atomic E-state index is 0.0925. The van der Waals surface area contributed by atoms with Gasteiger partial charge in [-0.05, 0) is 25.8 Å². The lowest BCUT2D eigenvalue weighted by molar-refractivity contribution is -0.0924. The van der Waals surface area contributed by atoms with Gasteiger partial charge in [-0.25, -0.2) is 9.97 Å². The summed E-state index contributed by atoms with van der Waals surface area (Å²) in [7, 11) is 0. The number of fused-ring (bicyclic) bond motifs is 1. The van der Waals surface area contributed by atoms with Gasteiger partial charge in [-0.3, -0.25) is 4.90 Å². The number of aryl methyl sites for hydroxylation is 1. The number of ether oxygens (including phenoxy) is 2. The molecule has 2 fully saturated rings. The van der Waals surface area contributed by atoms with Crippen molar-refractivity contribution in [1.29, 1.82) is 0 Å². The Kier molecular flexibility index (Phi) is 4.29. The number of hydrogen-bond acceptors (Lipinski definition) is 6. The summed E-state index contributed by atoms with van der Waals surface area (Å²) in [6.45, 7) is 4.69. The molecule has 1 aliphatic heterocycles. The van der Waals surface area contributed by atoms with Gasteiger partial charge in [0.15, 0.2) is 0 Å². The Hall–Kier alpha value is -1.50. The van der Waals surface area contributed by atoms with Crippen LogP contribution in [0.15, 0.2) is 29.8 Å². The third-order valence-corrected chi connectivity index (χ3v) is 5.41. The van der Waals surface area contributed by atoms with E-state index < -0.39 is 0 Å². The van der Waals surface area contributed by atoms with E-state index in [1.807, 2.05) is 18.2 Å². The third kappa shape index (κ3) is 3.24. The van der Waals surface area contributed by atoms with E-state index in [2.05, 4.69) is 27.2 Å². The van der Waals surface area contributed by atoms with E-state index in [1.54, 1.807) is 17.5 Å². The average Bonchev–Trinajstić information content (AvgIpc) is 3.16. The van der Waals surface area contributed by atoms with Crippen molar-refractivity contribution in [3.05, 3.63) is 40.5 Å². The molecule has 1 aliphatic carbocycles. The first kappa shape index (κ1) is 15.1. The first-order valence-corrected chi connectivity index (χ1v) is 9.02. The first-order chi connectivity index (χ1) is 11.3. The maximum atomic E-state index is 6.07. The van der Waals surface area contributed by atoms with Crippen LogP contribution in [-0.2, 0) is 11.3 Å². The molecule has 3 heterocycles. The number of aromatic nitrogens is 2. The zero-order valence-corrected chi connectivity index (χ0v) is 14.0. The number of morpholine rings is 1. The molecule has 1 saturated heterocycles. The SMILES string of the molecule is Cc1nc(CN2CCO[C@H]3[C@H](Oc4ccccn4)CC[C@@H]32)cs1. The highest BCUT2D eigenvalue weighted by atomic mass is 32.1. The average molecular weight is 331 g/mol. The molecule has 3 atom stereocenters. The largest absolute Gasteiger partial charge is 0.472 e. The fraction of sp³-hybridized carbons (Fsp3) is 0.529. The van der Waals surface area contributed by atoms with Gasteiger partial charge in [0.1, 0.15) is 12.2 Å². The molecule has 5 nitrogen and oxygen atoms in total. The molecular weight excluding hydrogens is 310 g/mol. The van der Waals surface area contributed by atoms with E-state index in [0.29, 0.717) is 11.9 Å². The normalized spacial score (nSPS) is 27.8. The van der Waals surface area contributed by atoms with Crippen LogP contribution >= 0.6 is 11.3 Å². The standard InChI is InChI=1S/C17H21N3O2S/c1-12-19-13(11-23-12)10-20-8-9-21-17-14(20)5-6-15(17)22-16-4-2-3-7-18-16/h2-4,7,11,14-15,17H,5-6,8-10H2,1H3/t14-,15+,17+/m0/s1. The Labute approximate surface area is 140 Å².